The molecule has 0 aliphatic rings. The van der Waals surface area contributed by atoms with Gasteiger partial charge in [-0.05, 0) is 50.2 Å². The Morgan fingerprint density at radius 1 is 1.33 bits per heavy atom. The van der Waals surface area contributed by atoms with Gasteiger partial charge in [0.25, 0.3) is 5.91 Å². The summed E-state index contributed by atoms with van der Waals surface area (Å²) in [5.74, 6) is -0.0201. The fraction of sp³-hybridized carbons (Fsp3) is 0.444. The lowest BCUT2D eigenvalue weighted by Crippen LogP contribution is -2.34. The van der Waals surface area contributed by atoms with Crippen LogP contribution in [0.3, 0.4) is 0 Å². The van der Waals surface area contributed by atoms with Crippen LogP contribution in [0.4, 0.5) is 4.39 Å². The standard InChI is InChI=1S/C18H25FN4O/c1-12(2)8-15-10-16(22-21-15)18(24)20-11-17(23(3)4)13-6-5-7-14(19)9-13/h5-7,9-10,12,17H,8,11H2,1-4H3,(H,20,24)(H,21,22). The fourth-order valence-corrected chi connectivity index (χ4v) is 2.61. The first-order chi connectivity index (χ1) is 11.4. The van der Waals surface area contributed by atoms with Crippen LogP contribution in [0.2, 0.25) is 0 Å². The Morgan fingerprint density at radius 3 is 2.71 bits per heavy atom. The Kier molecular flexibility index (Phi) is 6.09. The first-order valence-corrected chi connectivity index (χ1v) is 8.11. The minimum atomic E-state index is -0.281. The number of hydrogen-bond acceptors (Lipinski definition) is 3. The Hall–Kier alpha value is -2.21. The molecule has 0 aliphatic heterocycles. The van der Waals surface area contributed by atoms with Crippen molar-refractivity contribution in [3.05, 3.63) is 53.1 Å². The second kappa shape index (κ2) is 8.06. The molecule has 0 aliphatic carbocycles. The monoisotopic (exact) mass is 332 g/mol. The zero-order chi connectivity index (χ0) is 17.7. The van der Waals surface area contributed by atoms with Crippen molar-refractivity contribution in [3.63, 3.8) is 0 Å². The van der Waals surface area contributed by atoms with Gasteiger partial charge >= 0.3 is 0 Å². The molecule has 6 heteroatoms. The van der Waals surface area contributed by atoms with Crippen molar-refractivity contribution in [3.8, 4) is 0 Å². The molecule has 130 valence electrons. The lowest BCUT2D eigenvalue weighted by molar-refractivity contribution is 0.0937. The fourth-order valence-electron chi connectivity index (χ4n) is 2.61. The van der Waals surface area contributed by atoms with Crippen LogP contribution < -0.4 is 5.32 Å². The maximum absolute atomic E-state index is 13.4. The Bertz CT molecular complexity index is 681. The number of likely N-dealkylation sites (N-methyl/N-ethyl adjacent to an activating group) is 1. The molecule has 5 nitrogen and oxygen atoms in total. The second-order valence-electron chi connectivity index (χ2n) is 6.62. The van der Waals surface area contributed by atoms with E-state index in [1.807, 2.05) is 25.1 Å². The highest BCUT2D eigenvalue weighted by molar-refractivity contribution is 5.92. The average Bonchev–Trinajstić information content (AvgIpc) is 2.94. The van der Waals surface area contributed by atoms with Crippen LogP contribution in [-0.2, 0) is 6.42 Å². The van der Waals surface area contributed by atoms with Crippen LogP contribution in [0, 0.1) is 11.7 Å². The summed E-state index contributed by atoms with van der Waals surface area (Å²) in [6.07, 6.45) is 0.851. The van der Waals surface area contributed by atoms with Gasteiger partial charge in [0.2, 0.25) is 0 Å². The van der Waals surface area contributed by atoms with Crippen LogP contribution in [0.5, 0.6) is 0 Å². The van der Waals surface area contributed by atoms with E-state index in [0.29, 0.717) is 18.2 Å². The van der Waals surface area contributed by atoms with Crippen molar-refractivity contribution >= 4 is 5.91 Å². The van der Waals surface area contributed by atoms with Gasteiger partial charge in [-0.15, -0.1) is 0 Å². The van der Waals surface area contributed by atoms with Crippen LogP contribution in [-0.4, -0.2) is 41.6 Å². The predicted molar refractivity (Wildman–Crippen MR) is 92.3 cm³/mol. The average molecular weight is 332 g/mol. The molecule has 1 aromatic carbocycles. The van der Waals surface area contributed by atoms with E-state index >= 15 is 0 Å². The number of halogens is 1. The number of amides is 1. The largest absolute Gasteiger partial charge is 0.349 e. The molecular weight excluding hydrogens is 307 g/mol. The van der Waals surface area contributed by atoms with Crippen LogP contribution in [0.1, 0.15) is 41.6 Å². The third-order valence-corrected chi connectivity index (χ3v) is 3.80. The predicted octanol–water partition coefficient (Wildman–Crippen LogP) is 2.78. The summed E-state index contributed by atoms with van der Waals surface area (Å²) in [5, 5.41) is 9.84. The number of H-pyrrole nitrogens is 1. The summed E-state index contributed by atoms with van der Waals surface area (Å²) in [4.78, 5) is 14.2. The molecule has 1 unspecified atom stereocenters. The zero-order valence-electron chi connectivity index (χ0n) is 14.6. The summed E-state index contributed by atoms with van der Waals surface area (Å²) < 4.78 is 13.4. The van der Waals surface area contributed by atoms with E-state index in [9.17, 15) is 9.18 Å². The number of rotatable bonds is 7. The van der Waals surface area contributed by atoms with E-state index in [1.165, 1.54) is 12.1 Å². The van der Waals surface area contributed by atoms with Crippen molar-refractivity contribution in [2.24, 2.45) is 5.92 Å². The molecule has 0 saturated carbocycles. The minimum absolute atomic E-state index is 0.112. The summed E-state index contributed by atoms with van der Waals surface area (Å²) >= 11 is 0. The van der Waals surface area contributed by atoms with Crippen molar-refractivity contribution in [1.82, 2.24) is 20.4 Å². The van der Waals surface area contributed by atoms with Gasteiger partial charge in [0, 0.05) is 12.2 Å². The number of hydrogen-bond donors (Lipinski definition) is 2. The first kappa shape index (κ1) is 18.1. The lowest BCUT2D eigenvalue weighted by atomic mass is 10.1. The molecule has 1 aromatic heterocycles. The van der Waals surface area contributed by atoms with Crippen LogP contribution in [0.15, 0.2) is 30.3 Å². The van der Waals surface area contributed by atoms with Gasteiger partial charge in [-0.3, -0.25) is 9.89 Å². The van der Waals surface area contributed by atoms with Crippen LogP contribution in [0.25, 0.3) is 0 Å². The van der Waals surface area contributed by atoms with Gasteiger partial charge in [0.15, 0.2) is 0 Å². The van der Waals surface area contributed by atoms with E-state index in [2.05, 4.69) is 29.4 Å². The molecule has 1 atom stereocenters. The van der Waals surface area contributed by atoms with E-state index in [4.69, 9.17) is 0 Å². The molecule has 2 rings (SSSR count). The molecular formula is C18H25FN4O. The van der Waals surface area contributed by atoms with Gasteiger partial charge < -0.3 is 10.2 Å². The summed E-state index contributed by atoms with van der Waals surface area (Å²) in [6, 6.07) is 8.10. The van der Waals surface area contributed by atoms with Gasteiger partial charge in [-0.1, -0.05) is 26.0 Å². The molecule has 1 amide bonds. The van der Waals surface area contributed by atoms with Gasteiger partial charge in [-0.25, -0.2) is 4.39 Å². The number of nitrogens with zero attached hydrogens (tertiary/aromatic N) is 2. The topological polar surface area (TPSA) is 61.0 Å². The molecule has 0 bridgehead atoms. The number of benzene rings is 1. The molecule has 24 heavy (non-hydrogen) atoms. The van der Waals surface area contributed by atoms with Crippen molar-refractivity contribution in [1.29, 1.82) is 0 Å². The molecule has 0 radical (unpaired) electrons. The molecule has 2 N–H and O–H groups in total. The Labute approximate surface area is 142 Å². The number of aromatic nitrogens is 2. The maximum Gasteiger partial charge on any atom is 0.271 e. The lowest BCUT2D eigenvalue weighted by Gasteiger charge is -2.25. The summed E-state index contributed by atoms with van der Waals surface area (Å²) in [5.41, 5.74) is 2.15. The second-order valence-corrected chi connectivity index (χ2v) is 6.62. The van der Waals surface area contributed by atoms with E-state index < -0.39 is 0 Å². The maximum atomic E-state index is 13.4. The summed E-state index contributed by atoms with van der Waals surface area (Å²) in [6.45, 7) is 4.60. The minimum Gasteiger partial charge on any atom is -0.349 e. The quantitative estimate of drug-likeness (QED) is 0.819. The van der Waals surface area contributed by atoms with Crippen molar-refractivity contribution in [2.75, 3.05) is 20.6 Å². The van der Waals surface area contributed by atoms with E-state index in [-0.39, 0.29) is 17.8 Å². The first-order valence-electron chi connectivity index (χ1n) is 8.11. The summed E-state index contributed by atoms with van der Waals surface area (Å²) in [7, 11) is 3.80. The van der Waals surface area contributed by atoms with E-state index in [0.717, 1.165) is 17.7 Å². The third-order valence-electron chi connectivity index (χ3n) is 3.80. The number of nitrogens with one attached hydrogen (secondary N) is 2. The highest BCUT2D eigenvalue weighted by Crippen LogP contribution is 2.18. The molecule has 1 heterocycles. The zero-order valence-corrected chi connectivity index (χ0v) is 14.6. The Morgan fingerprint density at radius 2 is 2.08 bits per heavy atom. The molecule has 0 spiro atoms. The highest BCUT2D eigenvalue weighted by atomic mass is 19.1. The van der Waals surface area contributed by atoms with Gasteiger partial charge in [0.1, 0.15) is 11.5 Å². The van der Waals surface area contributed by atoms with Crippen molar-refractivity contribution in [2.45, 2.75) is 26.3 Å². The molecule has 0 fully saturated rings. The third kappa shape index (κ3) is 4.89. The normalized spacial score (nSPS) is 12.6. The molecule has 2 aromatic rings. The smallest absolute Gasteiger partial charge is 0.271 e. The SMILES string of the molecule is CC(C)Cc1cc(C(=O)NCC(c2cccc(F)c2)N(C)C)n[nH]1. The van der Waals surface area contributed by atoms with E-state index in [1.54, 1.807) is 12.1 Å². The highest BCUT2D eigenvalue weighted by Gasteiger charge is 2.17. The van der Waals surface area contributed by atoms with Crippen LogP contribution >= 0.6 is 0 Å². The number of carbonyl (C=O) groups is 1. The number of carbonyl (C=O) groups excluding carboxylic acids is 1. The Balaban J connectivity index is 2.01. The van der Waals surface area contributed by atoms with Crippen molar-refractivity contribution < 1.29 is 9.18 Å². The van der Waals surface area contributed by atoms with Gasteiger partial charge in [0.05, 0.1) is 6.04 Å². The number of aromatic amines is 1. The van der Waals surface area contributed by atoms with Gasteiger partial charge in [-0.2, -0.15) is 5.10 Å². The molecule has 0 saturated heterocycles.